The largest absolute Gasteiger partial charge is 0.444 e. The lowest BCUT2D eigenvalue weighted by molar-refractivity contribution is 0.0995. The first-order chi connectivity index (χ1) is 12.2. The van der Waals surface area contributed by atoms with Gasteiger partial charge in [-0.15, -0.1) is 0 Å². The van der Waals surface area contributed by atoms with Crippen molar-refractivity contribution in [1.29, 1.82) is 0 Å². The zero-order valence-electron chi connectivity index (χ0n) is 13.5. The fourth-order valence-electron chi connectivity index (χ4n) is 3.11. The number of furan rings is 1. The summed E-state index contributed by atoms with van der Waals surface area (Å²) in [4.78, 5) is 23.4. The molecule has 4 rings (SSSR count). The molecule has 0 unspecified atom stereocenters. The minimum Gasteiger partial charge on any atom is -0.444 e. The highest BCUT2D eigenvalue weighted by Gasteiger charge is 2.16. The van der Waals surface area contributed by atoms with Gasteiger partial charge in [0.15, 0.2) is 10.4 Å². The number of amides is 1. The van der Waals surface area contributed by atoms with E-state index in [1.165, 1.54) is 19.3 Å². The lowest BCUT2D eigenvalue weighted by Gasteiger charge is -2.28. The number of rotatable bonds is 3. The Morgan fingerprint density at radius 1 is 1.12 bits per heavy atom. The van der Waals surface area contributed by atoms with Gasteiger partial charge in [-0.3, -0.25) is 4.79 Å². The smallest absolute Gasteiger partial charge is 0.291 e. The molecule has 2 aromatic heterocycles. The predicted octanol–water partition coefficient (Wildman–Crippen LogP) is 4.23. The molecule has 1 amide bonds. The number of carbonyl (C=O) groups excluding carboxylic acids is 1. The van der Waals surface area contributed by atoms with Gasteiger partial charge in [-0.05, 0) is 65.5 Å². The standard InChI is InChI=1S/C18H17BrN4O2/c19-16-7-6-15(25-16)18(24)22-12-4-5-13-14(10-12)20-11-21-17(13)23-8-2-1-3-9-23/h4-7,10-11H,1-3,8-9H2,(H,22,24). The molecule has 25 heavy (non-hydrogen) atoms. The van der Waals surface area contributed by atoms with E-state index < -0.39 is 0 Å². The Kier molecular flexibility index (Phi) is 4.40. The van der Waals surface area contributed by atoms with Crippen molar-refractivity contribution in [3.63, 3.8) is 0 Å². The molecule has 7 heteroatoms. The van der Waals surface area contributed by atoms with Crippen LogP contribution in [0.5, 0.6) is 0 Å². The van der Waals surface area contributed by atoms with Crippen LogP contribution in [-0.4, -0.2) is 29.0 Å². The normalized spacial score (nSPS) is 14.7. The molecule has 1 aliphatic rings. The van der Waals surface area contributed by atoms with Crippen LogP contribution in [0.4, 0.5) is 11.5 Å². The summed E-state index contributed by atoms with van der Waals surface area (Å²) in [7, 11) is 0. The summed E-state index contributed by atoms with van der Waals surface area (Å²) >= 11 is 3.20. The van der Waals surface area contributed by atoms with Crippen LogP contribution >= 0.6 is 15.9 Å². The van der Waals surface area contributed by atoms with E-state index in [1.807, 2.05) is 18.2 Å². The second-order valence-electron chi connectivity index (χ2n) is 6.03. The molecule has 0 aliphatic carbocycles. The number of hydrogen-bond donors (Lipinski definition) is 1. The summed E-state index contributed by atoms with van der Waals surface area (Å²) in [6.45, 7) is 2.05. The van der Waals surface area contributed by atoms with E-state index >= 15 is 0 Å². The van der Waals surface area contributed by atoms with E-state index in [0.717, 1.165) is 29.8 Å². The monoisotopic (exact) mass is 400 g/mol. The Balaban J connectivity index is 1.61. The number of anilines is 2. The molecule has 1 fully saturated rings. The number of piperidine rings is 1. The van der Waals surface area contributed by atoms with Gasteiger partial charge in [0, 0.05) is 24.2 Å². The lowest BCUT2D eigenvalue weighted by Crippen LogP contribution is -2.30. The van der Waals surface area contributed by atoms with Gasteiger partial charge in [0.1, 0.15) is 12.1 Å². The van der Waals surface area contributed by atoms with Crippen LogP contribution in [0.1, 0.15) is 29.8 Å². The second kappa shape index (κ2) is 6.84. The number of halogens is 1. The van der Waals surface area contributed by atoms with Gasteiger partial charge in [-0.25, -0.2) is 9.97 Å². The topological polar surface area (TPSA) is 71.3 Å². The summed E-state index contributed by atoms with van der Waals surface area (Å²) in [6.07, 6.45) is 5.25. The average molecular weight is 401 g/mol. The summed E-state index contributed by atoms with van der Waals surface area (Å²) < 4.78 is 5.80. The first kappa shape index (κ1) is 16.1. The zero-order chi connectivity index (χ0) is 17.2. The van der Waals surface area contributed by atoms with Crippen molar-refractivity contribution in [2.75, 3.05) is 23.3 Å². The fraction of sp³-hybridized carbons (Fsp3) is 0.278. The quantitative estimate of drug-likeness (QED) is 0.711. The molecular formula is C18H17BrN4O2. The van der Waals surface area contributed by atoms with Crippen molar-refractivity contribution in [2.24, 2.45) is 0 Å². The van der Waals surface area contributed by atoms with Gasteiger partial charge < -0.3 is 14.6 Å². The van der Waals surface area contributed by atoms with E-state index in [4.69, 9.17) is 4.42 Å². The predicted molar refractivity (Wildman–Crippen MR) is 100.0 cm³/mol. The molecule has 0 spiro atoms. The number of benzene rings is 1. The summed E-state index contributed by atoms with van der Waals surface area (Å²) in [5.74, 6) is 0.927. The first-order valence-corrected chi connectivity index (χ1v) is 9.06. The Morgan fingerprint density at radius 2 is 1.96 bits per heavy atom. The van der Waals surface area contributed by atoms with Crippen molar-refractivity contribution in [2.45, 2.75) is 19.3 Å². The van der Waals surface area contributed by atoms with Crippen LogP contribution in [0.2, 0.25) is 0 Å². The van der Waals surface area contributed by atoms with Crippen LogP contribution in [0, 0.1) is 0 Å². The van der Waals surface area contributed by atoms with Crippen LogP contribution in [0.15, 0.2) is 45.7 Å². The Bertz CT molecular complexity index is 918. The van der Waals surface area contributed by atoms with Crippen molar-refractivity contribution in [1.82, 2.24) is 9.97 Å². The number of fused-ring (bicyclic) bond motifs is 1. The first-order valence-electron chi connectivity index (χ1n) is 8.27. The van der Waals surface area contributed by atoms with Gasteiger partial charge in [-0.1, -0.05) is 0 Å². The highest BCUT2D eigenvalue weighted by molar-refractivity contribution is 9.10. The molecule has 3 aromatic rings. The molecule has 1 saturated heterocycles. The number of hydrogen-bond acceptors (Lipinski definition) is 5. The number of nitrogens with zero attached hydrogens (tertiary/aromatic N) is 3. The average Bonchev–Trinajstić information content (AvgIpc) is 3.08. The van der Waals surface area contributed by atoms with Gasteiger partial charge in [0.2, 0.25) is 0 Å². The van der Waals surface area contributed by atoms with Crippen molar-refractivity contribution >= 4 is 44.2 Å². The van der Waals surface area contributed by atoms with E-state index in [1.54, 1.807) is 18.5 Å². The molecular weight excluding hydrogens is 384 g/mol. The third-order valence-electron chi connectivity index (χ3n) is 4.33. The lowest BCUT2D eigenvalue weighted by atomic mass is 10.1. The van der Waals surface area contributed by atoms with Crippen molar-refractivity contribution in [3.8, 4) is 0 Å². The molecule has 0 atom stereocenters. The summed E-state index contributed by atoms with van der Waals surface area (Å²) in [6, 6.07) is 9.01. The van der Waals surface area contributed by atoms with Crippen LogP contribution in [0.3, 0.4) is 0 Å². The maximum atomic E-state index is 12.2. The fourth-order valence-corrected chi connectivity index (χ4v) is 3.41. The van der Waals surface area contributed by atoms with Crippen molar-refractivity contribution < 1.29 is 9.21 Å². The SMILES string of the molecule is O=C(Nc1ccc2c(N3CCCCC3)ncnc2c1)c1ccc(Br)o1. The van der Waals surface area contributed by atoms with Crippen LogP contribution < -0.4 is 10.2 Å². The minimum atomic E-state index is -0.296. The molecule has 0 saturated carbocycles. The van der Waals surface area contributed by atoms with Gasteiger partial charge in [0.05, 0.1) is 5.52 Å². The van der Waals surface area contributed by atoms with Gasteiger partial charge >= 0.3 is 0 Å². The molecule has 1 aliphatic heterocycles. The third-order valence-corrected chi connectivity index (χ3v) is 4.75. The van der Waals surface area contributed by atoms with E-state index in [9.17, 15) is 4.79 Å². The van der Waals surface area contributed by atoms with E-state index in [0.29, 0.717) is 10.4 Å². The number of carbonyl (C=O) groups is 1. The molecule has 0 radical (unpaired) electrons. The van der Waals surface area contributed by atoms with Crippen LogP contribution in [-0.2, 0) is 0 Å². The summed E-state index contributed by atoms with van der Waals surface area (Å²) in [5, 5.41) is 3.84. The molecule has 128 valence electrons. The minimum absolute atomic E-state index is 0.253. The highest BCUT2D eigenvalue weighted by atomic mass is 79.9. The van der Waals surface area contributed by atoms with Gasteiger partial charge in [0.25, 0.3) is 5.91 Å². The maximum absolute atomic E-state index is 12.2. The molecule has 1 aromatic carbocycles. The van der Waals surface area contributed by atoms with E-state index in [-0.39, 0.29) is 11.7 Å². The van der Waals surface area contributed by atoms with Crippen LogP contribution in [0.25, 0.3) is 10.9 Å². The zero-order valence-corrected chi connectivity index (χ0v) is 15.1. The third kappa shape index (κ3) is 3.37. The summed E-state index contributed by atoms with van der Waals surface area (Å²) in [5.41, 5.74) is 1.49. The van der Waals surface area contributed by atoms with E-state index in [2.05, 4.69) is 36.1 Å². The highest BCUT2D eigenvalue weighted by Crippen LogP contribution is 2.27. The van der Waals surface area contributed by atoms with Gasteiger partial charge in [-0.2, -0.15) is 0 Å². The molecule has 1 N–H and O–H groups in total. The van der Waals surface area contributed by atoms with Crippen molar-refractivity contribution in [3.05, 3.63) is 47.1 Å². The second-order valence-corrected chi connectivity index (χ2v) is 6.82. The number of aromatic nitrogens is 2. The molecule has 6 nitrogen and oxygen atoms in total. The Labute approximate surface area is 153 Å². The molecule has 0 bridgehead atoms. The Morgan fingerprint density at radius 3 is 2.72 bits per heavy atom. The maximum Gasteiger partial charge on any atom is 0.291 e. The molecule has 3 heterocycles. The number of nitrogens with one attached hydrogen (secondary N) is 1. The Hall–Kier alpha value is -2.41.